The van der Waals surface area contributed by atoms with Crippen LogP contribution >= 0.6 is 0 Å². The number of benzene rings is 2. The van der Waals surface area contributed by atoms with Crippen molar-refractivity contribution in [2.75, 3.05) is 0 Å². The summed E-state index contributed by atoms with van der Waals surface area (Å²) in [7, 11) is 0. The van der Waals surface area contributed by atoms with Gasteiger partial charge < -0.3 is 0 Å². The molecular weight excluding hydrogens is 321 g/mol. The Bertz CT molecular complexity index is 498. The van der Waals surface area contributed by atoms with Crippen molar-refractivity contribution in [3.63, 3.8) is 0 Å². The van der Waals surface area contributed by atoms with E-state index < -0.39 is 11.6 Å². The molecule has 0 unspecified atom stereocenters. The van der Waals surface area contributed by atoms with Gasteiger partial charge in [-0.25, -0.2) is 0 Å². The van der Waals surface area contributed by atoms with Gasteiger partial charge in [-0.05, 0) is 0 Å². The molecule has 21 heavy (non-hydrogen) atoms. The maximum atomic E-state index is 11.8. The van der Waals surface area contributed by atoms with E-state index in [4.69, 9.17) is 0 Å². The van der Waals surface area contributed by atoms with Gasteiger partial charge in [-0.3, -0.25) is 9.59 Å². The molecule has 0 amide bonds. The van der Waals surface area contributed by atoms with Gasteiger partial charge in [-0.2, -0.15) is 0 Å². The zero-order valence-electron chi connectivity index (χ0n) is 12.7. The van der Waals surface area contributed by atoms with Crippen LogP contribution in [0, 0.1) is 0 Å². The number of carbonyl (C=O) groups is 2. The average molecular weight is 343 g/mol. The van der Waals surface area contributed by atoms with Crippen LogP contribution in [0.1, 0.15) is 34.6 Å². The Balaban J connectivity index is 0.000000383. The quantitative estimate of drug-likeness (QED) is 0.470. The second-order valence-electron chi connectivity index (χ2n) is 4.74. The average Bonchev–Trinajstić information content (AvgIpc) is 2.56. The van der Waals surface area contributed by atoms with Crippen LogP contribution in [-0.2, 0) is 0 Å². The summed E-state index contributed by atoms with van der Waals surface area (Å²) in [5, 5.41) is 3.06. The van der Waals surface area contributed by atoms with E-state index in [1.165, 1.54) is 10.5 Å². The van der Waals surface area contributed by atoms with Crippen LogP contribution in [0.5, 0.6) is 0 Å². The molecule has 0 saturated heterocycles. The zero-order chi connectivity index (χ0) is 15.5. The molecular formula is C18H22GeO2. The Kier molecular flexibility index (Phi) is 8.36. The van der Waals surface area contributed by atoms with E-state index in [2.05, 4.69) is 13.8 Å². The summed E-state index contributed by atoms with van der Waals surface area (Å²) in [4.78, 5) is 23.6. The van der Waals surface area contributed by atoms with Gasteiger partial charge in [0, 0.05) is 11.1 Å². The van der Waals surface area contributed by atoms with Crippen molar-refractivity contribution in [2.45, 2.75) is 24.4 Å². The summed E-state index contributed by atoms with van der Waals surface area (Å²) in [6, 6.07) is 17.2. The summed E-state index contributed by atoms with van der Waals surface area (Å²) >= 11 is 0.0972. The minimum atomic E-state index is -0.466. The maximum Gasteiger partial charge on any atom is 0.233 e. The standard InChI is InChI=1S/C14H10O2.C4H12Ge/c15-13(11-7-3-1-4-8-11)14(16)12-9-5-2-6-10-12;1-3-5-4-2/h1-10H;3-5H2,1-2H3. The normalized spacial score (nSPS) is 9.43. The van der Waals surface area contributed by atoms with Gasteiger partial charge >= 0.3 is 39.8 Å². The second kappa shape index (κ2) is 10.1. The fourth-order valence-electron chi connectivity index (χ4n) is 1.79. The first kappa shape index (κ1) is 17.4. The van der Waals surface area contributed by atoms with Crippen LogP contribution in [0.25, 0.3) is 0 Å². The Morgan fingerprint density at radius 1 is 0.714 bits per heavy atom. The molecule has 110 valence electrons. The Hall–Kier alpha value is -1.68. The second-order valence-corrected chi connectivity index (χ2v) is 10.4. The van der Waals surface area contributed by atoms with Crippen LogP contribution in [0.15, 0.2) is 60.7 Å². The van der Waals surface area contributed by atoms with Crippen molar-refractivity contribution in [1.82, 2.24) is 0 Å². The Labute approximate surface area is 133 Å². The first-order chi connectivity index (χ1) is 10.2. The molecule has 0 heterocycles. The van der Waals surface area contributed by atoms with E-state index in [1.54, 1.807) is 48.5 Å². The number of hydrogen-bond acceptors (Lipinski definition) is 2. The number of Topliss-reactive ketones (excluding diaryl/α,β-unsaturated/α-hetero) is 2. The van der Waals surface area contributed by atoms with Gasteiger partial charge in [0.15, 0.2) is 0 Å². The van der Waals surface area contributed by atoms with Gasteiger partial charge in [0.2, 0.25) is 11.6 Å². The molecule has 0 aliphatic rings. The smallest absolute Gasteiger partial charge is 0.233 e. The molecule has 0 bridgehead atoms. The molecule has 0 aliphatic heterocycles. The fourth-order valence-corrected chi connectivity index (χ4v) is 3.28. The number of rotatable bonds is 5. The molecule has 3 heteroatoms. The minimum absolute atomic E-state index is 0.0972. The minimum Gasteiger partial charge on any atom is -0.285 e. The predicted molar refractivity (Wildman–Crippen MR) is 91.1 cm³/mol. The largest absolute Gasteiger partial charge is 0.285 e. The van der Waals surface area contributed by atoms with Gasteiger partial charge in [0.25, 0.3) is 0 Å². The van der Waals surface area contributed by atoms with Crippen molar-refractivity contribution >= 4 is 27.0 Å². The SMILES string of the molecule is C[CH2][GeH2][CH2]C.O=C(C(=O)c1ccccc1)c1ccccc1. The van der Waals surface area contributed by atoms with Gasteiger partial charge in [-0.15, -0.1) is 0 Å². The zero-order valence-corrected chi connectivity index (χ0v) is 15.7. The summed E-state index contributed by atoms with van der Waals surface area (Å²) in [5.74, 6) is -0.932. The molecule has 0 aliphatic carbocycles. The van der Waals surface area contributed by atoms with E-state index >= 15 is 0 Å². The predicted octanol–water partition coefficient (Wildman–Crippen LogP) is 3.78. The molecule has 0 atom stereocenters. The van der Waals surface area contributed by atoms with Gasteiger partial charge in [-0.1, -0.05) is 60.7 Å². The summed E-state index contributed by atoms with van der Waals surface area (Å²) < 4.78 is 0. The van der Waals surface area contributed by atoms with Crippen molar-refractivity contribution in [3.8, 4) is 0 Å². The molecule has 2 aromatic rings. The number of ketones is 2. The van der Waals surface area contributed by atoms with Crippen LogP contribution in [0.4, 0.5) is 0 Å². The molecule has 2 nitrogen and oxygen atoms in total. The number of carbonyl (C=O) groups excluding carboxylic acids is 2. The van der Waals surface area contributed by atoms with Crippen molar-refractivity contribution < 1.29 is 9.59 Å². The molecule has 0 fully saturated rings. The monoisotopic (exact) mass is 344 g/mol. The van der Waals surface area contributed by atoms with Crippen LogP contribution in [0.3, 0.4) is 0 Å². The molecule has 0 N–H and O–H groups in total. The van der Waals surface area contributed by atoms with Gasteiger partial charge in [0.1, 0.15) is 0 Å². The molecule has 0 saturated carbocycles. The van der Waals surface area contributed by atoms with E-state index in [0.717, 1.165) is 0 Å². The van der Waals surface area contributed by atoms with Crippen LogP contribution < -0.4 is 0 Å². The summed E-state index contributed by atoms with van der Waals surface area (Å²) in [5.41, 5.74) is 0.854. The van der Waals surface area contributed by atoms with E-state index in [0.29, 0.717) is 11.1 Å². The van der Waals surface area contributed by atoms with Crippen LogP contribution in [0.2, 0.25) is 10.5 Å². The Morgan fingerprint density at radius 3 is 1.29 bits per heavy atom. The third kappa shape index (κ3) is 6.09. The summed E-state index contributed by atoms with van der Waals surface area (Å²) in [6.07, 6.45) is 0. The fraction of sp³-hybridized carbons (Fsp3) is 0.222. The first-order valence-electron chi connectivity index (χ1n) is 7.39. The van der Waals surface area contributed by atoms with E-state index in [-0.39, 0.29) is 15.4 Å². The molecule has 0 aromatic heterocycles. The van der Waals surface area contributed by atoms with Crippen molar-refractivity contribution in [3.05, 3.63) is 71.8 Å². The Morgan fingerprint density at radius 2 is 1.05 bits per heavy atom. The van der Waals surface area contributed by atoms with Crippen molar-refractivity contribution in [1.29, 1.82) is 0 Å². The molecule has 0 radical (unpaired) electrons. The van der Waals surface area contributed by atoms with Crippen molar-refractivity contribution in [2.24, 2.45) is 0 Å². The first-order valence-corrected chi connectivity index (χ1v) is 11.6. The van der Waals surface area contributed by atoms with E-state index in [1.807, 2.05) is 12.1 Å². The maximum absolute atomic E-state index is 11.8. The molecule has 0 spiro atoms. The third-order valence-corrected chi connectivity index (χ3v) is 5.95. The van der Waals surface area contributed by atoms with Gasteiger partial charge in [0.05, 0.1) is 0 Å². The summed E-state index contributed by atoms with van der Waals surface area (Å²) in [6.45, 7) is 4.59. The van der Waals surface area contributed by atoms with Crippen LogP contribution in [-0.4, -0.2) is 27.0 Å². The third-order valence-electron chi connectivity index (χ3n) is 2.99. The number of hydrogen-bond donors (Lipinski definition) is 0. The molecule has 2 rings (SSSR count). The molecule has 2 aromatic carbocycles. The topological polar surface area (TPSA) is 34.1 Å². The van der Waals surface area contributed by atoms with E-state index in [9.17, 15) is 9.59 Å².